The summed E-state index contributed by atoms with van der Waals surface area (Å²) in [5, 5.41) is 30.2. The third-order valence-corrected chi connectivity index (χ3v) is 7.27. The van der Waals surface area contributed by atoms with Crippen molar-refractivity contribution in [2.45, 2.75) is 37.2 Å². The Bertz CT molecular complexity index is 1270. The Kier molecular flexibility index (Phi) is 8.11. The van der Waals surface area contributed by atoms with Crippen LogP contribution in [0.1, 0.15) is 30.5 Å². The lowest BCUT2D eigenvalue weighted by Crippen LogP contribution is -2.33. The minimum Gasteiger partial charge on any atom is -0.619 e. The zero-order valence-corrected chi connectivity index (χ0v) is 20.3. The molecule has 0 bridgehead atoms. The third-order valence-electron chi connectivity index (χ3n) is 5.50. The van der Waals surface area contributed by atoms with Crippen LogP contribution in [0.15, 0.2) is 78.0 Å². The van der Waals surface area contributed by atoms with Gasteiger partial charge in [-0.1, -0.05) is 50.2 Å². The maximum atomic E-state index is 13.5. The highest BCUT2D eigenvalue weighted by Gasteiger charge is 2.27. The monoisotopic (exact) mass is 500 g/mol. The van der Waals surface area contributed by atoms with Crippen LogP contribution in [0.4, 0.5) is 0 Å². The SMILES string of the molecule is CC(C)(CO)c1ccc(CN(Cc2cccc(OCC(=O)O)c2)S(=O)(=O)c2ccc[n+]([O-])c2)cc1. The summed E-state index contributed by atoms with van der Waals surface area (Å²) in [7, 11) is -4.06. The largest absolute Gasteiger partial charge is 0.619 e. The zero-order valence-electron chi connectivity index (χ0n) is 19.5. The van der Waals surface area contributed by atoms with Crippen molar-refractivity contribution < 1.29 is 32.9 Å². The lowest BCUT2D eigenvalue weighted by Gasteiger charge is -2.24. The number of aliphatic carboxylic acids is 1. The van der Waals surface area contributed by atoms with Gasteiger partial charge in [-0.15, -0.1) is 0 Å². The van der Waals surface area contributed by atoms with Crippen molar-refractivity contribution >= 4 is 16.0 Å². The average Bonchev–Trinajstić information content (AvgIpc) is 2.83. The number of hydrogen-bond donors (Lipinski definition) is 2. The van der Waals surface area contributed by atoms with Gasteiger partial charge in [0, 0.05) is 24.6 Å². The summed E-state index contributed by atoms with van der Waals surface area (Å²) in [5.74, 6) is -0.822. The first-order valence-corrected chi connectivity index (χ1v) is 12.3. The summed E-state index contributed by atoms with van der Waals surface area (Å²) in [6.45, 7) is 3.25. The molecule has 0 spiro atoms. The van der Waals surface area contributed by atoms with Crippen molar-refractivity contribution in [1.82, 2.24) is 4.31 Å². The highest BCUT2D eigenvalue weighted by Crippen LogP contribution is 2.25. The molecule has 0 amide bonds. The summed E-state index contributed by atoms with van der Waals surface area (Å²) < 4.78 is 33.9. The Morgan fingerprint density at radius 3 is 2.37 bits per heavy atom. The molecule has 9 nitrogen and oxygen atoms in total. The Hall–Kier alpha value is -3.47. The Balaban J connectivity index is 1.94. The molecule has 0 saturated carbocycles. The van der Waals surface area contributed by atoms with E-state index < -0.39 is 28.0 Å². The second-order valence-electron chi connectivity index (χ2n) is 8.74. The molecule has 10 heteroatoms. The van der Waals surface area contributed by atoms with Crippen LogP contribution in [0.25, 0.3) is 0 Å². The topological polar surface area (TPSA) is 131 Å². The first kappa shape index (κ1) is 26.1. The summed E-state index contributed by atoms with van der Waals surface area (Å²) in [4.78, 5) is 10.7. The number of nitrogens with zero attached hydrogens (tertiary/aromatic N) is 2. The number of aliphatic hydroxyl groups excluding tert-OH is 1. The highest BCUT2D eigenvalue weighted by atomic mass is 32.2. The number of ether oxygens (including phenoxy) is 1. The van der Waals surface area contributed by atoms with Gasteiger partial charge in [0.05, 0.1) is 6.61 Å². The number of aromatic nitrogens is 1. The molecule has 0 saturated heterocycles. The second-order valence-corrected chi connectivity index (χ2v) is 10.7. The molecule has 0 radical (unpaired) electrons. The fourth-order valence-electron chi connectivity index (χ4n) is 3.40. The summed E-state index contributed by atoms with van der Waals surface area (Å²) >= 11 is 0. The Labute approximate surface area is 204 Å². The van der Waals surface area contributed by atoms with E-state index >= 15 is 0 Å². The fourth-order valence-corrected chi connectivity index (χ4v) is 4.82. The van der Waals surface area contributed by atoms with Gasteiger partial charge in [0.1, 0.15) is 10.6 Å². The van der Waals surface area contributed by atoms with Gasteiger partial charge in [-0.05, 0) is 34.9 Å². The van der Waals surface area contributed by atoms with Crippen LogP contribution >= 0.6 is 0 Å². The van der Waals surface area contributed by atoms with Gasteiger partial charge in [-0.3, -0.25) is 0 Å². The standard InChI is InChI=1S/C25H28N2O7S/c1-25(2,18-28)21-10-8-19(9-11-21)14-27(35(32,33)23-7-4-12-26(31)16-23)15-20-5-3-6-22(13-20)34-17-24(29)30/h3-13,16,28H,14-15,17-18H2,1-2H3,(H,29,30). The van der Waals surface area contributed by atoms with Crippen LogP contribution in [0, 0.1) is 5.21 Å². The van der Waals surface area contributed by atoms with Crippen molar-refractivity contribution in [2.24, 2.45) is 0 Å². The number of rotatable bonds is 11. The summed E-state index contributed by atoms with van der Waals surface area (Å²) in [5.41, 5.74) is 1.78. The number of hydrogen-bond acceptors (Lipinski definition) is 6. The second kappa shape index (κ2) is 10.9. The average molecular weight is 501 g/mol. The van der Waals surface area contributed by atoms with E-state index in [-0.39, 0.29) is 24.6 Å². The van der Waals surface area contributed by atoms with Gasteiger partial charge in [0.15, 0.2) is 19.0 Å². The molecule has 0 aliphatic carbocycles. The first-order chi connectivity index (χ1) is 16.5. The van der Waals surface area contributed by atoms with Crippen molar-refractivity contribution in [3.8, 4) is 5.75 Å². The van der Waals surface area contributed by atoms with Crippen LogP contribution < -0.4 is 9.47 Å². The zero-order chi connectivity index (χ0) is 25.6. The molecule has 0 atom stereocenters. The van der Waals surface area contributed by atoms with Crippen LogP contribution in [-0.2, 0) is 33.3 Å². The normalized spacial score (nSPS) is 12.0. The third kappa shape index (κ3) is 6.78. The van der Waals surface area contributed by atoms with E-state index in [0.717, 1.165) is 17.3 Å². The van der Waals surface area contributed by atoms with Crippen LogP contribution in [0.2, 0.25) is 0 Å². The smallest absolute Gasteiger partial charge is 0.341 e. The van der Waals surface area contributed by atoms with E-state index in [2.05, 4.69) is 0 Å². The molecule has 186 valence electrons. The number of carboxylic acids is 1. The van der Waals surface area contributed by atoms with E-state index in [1.807, 2.05) is 26.0 Å². The number of sulfonamides is 1. The van der Waals surface area contributed by atoms with Crippen molar-refractivity contribution in [3.05, 3.63) is 95.0 Å². The van der Waals surface area contributed by atoms with E-state index in [4.69, 9.17) is 9.84 Å². The van der Waals surface area contributed by atoms with Crippen LogP contribution in [-0.4, -0.2) is 42.1 Å². The minimum absolute atomic E-state index is 0.0239. The predicted octanol–water partition coefficient (Wildman–Crippen LogP) is 2.44. The Morgan fingerprint density at radius 1 is 1.06 bits per heavy atom. The minimum atomic E-state index is -4.06. The number of carboxylic acid groups (broad SMARTS) is 1. The molecular weight excluding hydrogens is 472 g/mol. The van der Waals surface area contributed by atoms with Crippen molar-refractivity contribution in [3.63, 3.8) is 0 Å². The molecule has 0 aliphatic heterocycles. The molecule has 3 rings (SSSR count). The number of carbonyl (C=O) groups is 1. The molecule has 1 aromatic heterocycles. The van der Waals surface area contributed by atoms with Gasteiger partial charge < -0.3 is 20.2 Å². The molecule has 0 aliphatic rings. The van der Waals surface area contributed by atoms with E-state index in [1.54, 1.807) is 36.4 Å². The quantitative estimate of drug-likeness (QED) is 0.305. The maximum absolute atomic E-state index is 13.5. The molecule has 2 N–H and O–H groups in total. The van der Waals surface area contributed by atoms with Crippen molar-refractivity contribution in [2.75, 3.05) is 13.2 Å². The van der Waals surface area contributed by atoms with Gasteiger partial charge in [-0.2, -0.15) is 9.04 Å². The molecule has 1 heterocycles. The number of benzene rings is 2. The van der Waals surface area contributed by atoms with Crippen LogP contribution in [0.3, 0.4) is 0 Å². The van der Waals surface area contributed by atoms with Gasteiger partial charge >= 0.3 is 5.97 Å². The molecule has 2 aromatic carbocycles. The molecular formula is C25H28N2O7S. The van der Waals surface area contributed by atoms with Gasteiger partial charge in [-0.25, -0.2) is 13.2 Å². The predicted molar refractivity (Wildman–Crippen MR) is 128 cm³/mol. The molecule has 3 aromatic rings. The number of aliphatic hydroxyl groups is 1. The summed E-state index contributed by atoms with van der Waals surface area (Å²) in [6, 6.07) is 16.6. The van der Waals surface area contributed by atoms with E-state index in [1.165, 1.54) is 22.6 Å². The van der Waals surface area contributed by atoms with Crippen molar-refractivity contribution in [1.29, 1.82) is 0 Å². The van der Waals surface area contributed by atoms with Gasteiger partial charge in [0.2, 0.25) is 10.0 Å². The maximum Gasteiger partial charge on any atom is 0.341 e. The summed E-state index contributed by atoms with van der Waals surface area (Å²) in [6.07, 6.45) is 2.20. The Morgan fingerprint density at radius 2 is 1.74 bits per heavy atom. The van der Waals surface area contributed by atoms with E-state index in [9.17, 15) is 23.5 Å². The van der Waals surface area contributed by atoms with Gasteiger partial charge in [0.25, 0.3) is 0 Å². The van der Waals surface area contributed by atoms with Crippen LogP contribution in [0.5, 0.6) is 5.75 Å². The molecule has 35 heavy (non-hydrogen) atoms. The molecule has 0 unspecified atom stereocenters. The first-order valence-electron chi connectivity index (χ1n) is 10.8. The lowest BCUT2D eigenvalue weighted by atomic mass is 9.85. The molecule has 0 fully saturated rings. The van der Waals surface area contributed by atoms with E-state index in [0.29, 0.717) is 16.0 Å². The highest BCUT2D eigenvalue weighted by molar-refractivity contribution is 7.89. The lowest BCUT2D eigenvalue weighted by molar-refractivity contribution is -0.607. The number of pyridine rings is 1. The fraction of sp³-hybridized carbons (Fsp3) is 0.280.